The number of likely N-dealkylation sites (tertiary alicyclic amines) is 1. The Morgan fingerprint density at radius 1 is 1.18 bits per heavy atom. The summed E-state index contributed by atoms with van der Waals surface area (Å²) >= 11 is 0. The third kappa shape index (κ3) is 6.75. The standard InChI is InChI=1S/C15H19N5O.C13H17F2NO/c1-10-13(12-8-5-9-17-12)19-20(14(10)18-15(16)21)11-6-3-2-4-7-11;1-17-7-6-16-5-4-11(9-16)10-2-3-12(14)13(15)8-10/h2-4,6-7,12,17H,5,8-9H2,1H3,(H3,16,18,21);2-3,8,11H,4-7,9H2,1H3. The van der Waals surface area contributed by atoms with Gasteiger partial charge in [0.1, 0.15) is 5.82 Å². The van der Waals surface area contributed by atoms with Crippen molar-refractivity contribution in [3.05, 3.63) is 77.0 Å². The number of primary amides is 1. The Balaban J connectivity index is 0.000000181. The molecule has 3 heterocycles. The molecule has 8 nitrogen and oxygen atoms in total. The summed E-state index contributed by atoms with van der Waals surface area (Å²) in [5.74, 6) is -0.583. The zero-order valence-corrected chi connectivity index (χ0v) is 21.9. The molecule has 2 amide bonds. The number of methoxy groups -OCH3 is 1. The lowest BCUT2D eigenvalue weighted by Crippen LogP contribution is -2.24. The van der Waals surface area contributed by atoms with Crippen LogP contribution >= 0.6 is 0 Å². The van der Waals surface area contributed by atoms with Gasteiger partial charge < -0.3 is 20.7 Å². The van der Waals surface area contributed by atoms with Crippen LogP contribution in [-0.4, -0.2) is 60.6 Å². The molecule has 38 heavy (non-hydrogen) atoms. The van der Waals surface area contributed by atoms with Crippen LogP contribution in [0.5, 0.6) is 0 Å². The highest BCUT2D eigenvalue weighted by Gasteiger charge is 2.26. The third-order valence-corrected chi connectivity index (χ3v) is 7.09. The molecule has 0 saturated carbocycles. The molecule has 0 bridgehead atoms. The number of carbonyl (C=O) groups excluding carboxylic acids is 1. The van der Waals surface area contributed by atoms with E-state index in [-0.39, 0.29) is 6.04 Å². The van der Waals surface area contributed by atoms with E-state index in [9.17, 15) is 13.6 Å². The van der Waals surface area contributed by atoms with E-state index in [1.165, 1.54) is 12.1 Å². The molecule has 2 aliphatic rings. The Hall–Kier alpha value is -3.34. The number of nitrogens with zero attached hydrogens (tertiary/aromatic N) is 3. The van der Waals surface area contributed by atoms with Crippen molar-refractivity contribution in [2.75, 3.05) is 45.2 Å². The number of carbonyl (C=O) groups is 1. The summed E-state index contributed by atoms with van der Waals surface area (Å²) < 4.78 is 32.7. The number of nitrogens with two attached hydrogens (primary N) is 1. The van der Waals surface area contributed by atoms with Crippen LogP contribution in [0.2, 0.25) is 0 Å². The zero-order chi connectivity index (χ0) is 27.1. The topological polar surface area (TPSA) is 97.4 Å². The van der Waals surface area contributed by atoms with Crippen molar-refractivity contribution < 1.29 is 18.3 Å². The van der Waals surface area contributed by atoms with Crippen molar-refractivity contribution in [2.45, 2.75) is 38.1 Å². The van der Waals surface area contributed by atoms with Crippen LogP contribution in [0.1, 0.15) is 48.0 Å². The number of amides is 2. The summed E-state index contributed by atoms with van der Waals surface area (Å²) in [6, 6.07) is 13.6. The number of ether oxygens (including phenoxy) is 1. The molecule has 2 fully saturated rings. The largest absolute Gasteiger partial charge is 0.383 e. The molecule has 2 aliphatic heterocycles. The second-order valence-corrected chi connectivity index (χ2v) is 9.70. The number of hydrogen-bond acceptors (Lipinski definition) is 5. The molecule has 204 valence electrons. The number of benzene rings is 2. The van der Waals surface area contributed by atoms with Gasteiger partial charge in [0.2, 0.25) is 0 Å². The molecule has 0 radical (unpaired) electrons. The molecule has 0 spiro atoms. The summed E-state index contributed by atoms with van der Waals surface area (Å²) in [5, 5.41) is 10.8. The molecule has 2 unspecified atom stereocenters. The highest BCUT2D eigenvalue weighted by Crippen LogP contribution is 2.31. The Labute approximate surface area is 222 Å². The Kier molecular flexibility index (Phi) is 9.43. The van der Waals surface area contributed by atoms with Crippen molar-refractivity contribution in [1.82, 2.24) is 20.0 Å². The fourth-order valence-corrected chi connectivity index (χ4v) is 5.08. The summed E-state index contributed by atoms with van der Waals surface area (Å²) in [6.07, 6.45) is 3.19. The van der Waals surface area contributed by atoms with E-state index >= 15 is 0 Å². The minimum absolute atomic E-state index is 0.239. The predicted octanol–water partition coefficient (Wildman–Crippen LogP) is 4.50. The van der Waals surface area contributed by atoms with Crippen molar-refractivity contribution in [1.29, 1.82) is 0 Å². The van der Waals surface area contributed by atoms with Gasteiger partial charge in [-0.05, 0) is 75.0 Å². The molecular formula is C28H36F2N6O2. The first-order valence-corrected chi connectivity index (χ1v) is 13.0. The number of anilines is 1. The predicted molar refractivity (Wildman–Crippen MR) is 144 cm³/mol. The van der Waals surface area contributed by atoms with Crippen LogP contribution in [0.25, 0.3) is 5.69 Å². The van der Waals surface area contributed by atoms with Gasteiger partial charge in [-0.2, -0.15) is 5.10 Å². The van der Waals surface area contributed by atoms with Crippen molar-refractivity contribution in [3.8, 4) is 5.69 Å². The Bertz CT molecular complexity index is 1210. The number of hydrogen-bond donors (Lipinski definition) is 3. The van der Waals surface area contributed by atoms with Gasteiger partial charge in [-0.3, -0.25) is 5.32 Å². The monoisotopic (exact) mass is 526 g/mol. The van der Waals surface area contributed by atoms with Gasteiger partial charge >= 0.3 is 6.03 Å². The van der Waals surface area contributed by atoms with Gasteiger partial charge in [-0.15, -0.1) is 0 Å². The lowest BCUT2D eigenvalue weighted by atomic mass is 9.98. The van der Waals surface area contributed by atoms with Crippen LogP contribution in [0.4, 0.5) is 19.4 Å². The number of halogens is 2. The summed E-state index contributed by atoms with van der Waals surface area (Å²) in [4.78, 5) is 13.6. The average molecular weight is 527 g/mol. The maximum atomic E-state index is 13.1. The molecule has 4 N–H and O–H groups in total. The van der Waals surface area contributed by atoms with E-state index in [2.05, 4.69) is 15.5 Å². The van der Waals surface area contributed by atoms with Crippen LogP contribution in [0.15, 0.2) is 48.5 Å². The van der Waals surface area contributed by atoms with Gasteiger partial charge in [-0.25, -0.2) is 18.3 Å². The third-order valence-electron chi connectivity index (χ3n) is 7.09. The van der Waals surface area contributed by atoms with Gasteiger partial charge in [0.15, 0.2) is 11.6 Å². The molecule has 2 saturated heterocycles. The summed E-state index contributed by atoms with van der Waals surface area (Å²) in [7, 11) is 1.68. The van der Waals surface area contributed by atoms with Crippen molar-refractivity contribution in [3.63, 3.8) is 0 Å². The molecular weight excluding hydrogens is 490 g/mol. The quantitative estimate of drug-likeness (QED) is 0.421. The number of para-hydroxylation sites is 1. The first-order chi connectivity index (χ1) is 18.4. The number of rotatable bonds is 7. The fourth-order valence-electron chi connectivity index (χ4n) is 5.08. The van der Waals surface area contributed by atoms with E-state index < -0.39 is 17.7 Å². The maximum absolute atomic E-state index is 13.1. The average Bonchev–Trinajstić information content (AvgIpc) is 3.67. The number of urea groups is 1. The molecule has 0 aliphatic carbocycles. The van der Waals surface area contributed by atoms with Crippen LogP contribution in [0.3, 0.4) is 0 Å². The van der Waals surface area contributed by atoms with E-state index in [0.717, 1.165) is 67.9 Å². The molecule has 1 aromatic heterocycles. The van der Waals surface area contributed by atoms with Gasteiger partial charge in [0, 0.05) is 25.8 Å². The van der Waals surface area contributed by atoms with Crippen molar-refractivity contribution >= 4 is 11.8 Å². The zero-order valence-electron chi connectivity index (χ0n) is 21.9. The molecule has 10 heteroatoms. The highest BCUT2D eigenvalue weighted by molar-refractivity contribution is 5.88. The number of aromatic nitrogens is 2. The first kappa shape index (κ1) is 27.7. The van der Waals surface area contributed by atoms with Gasteiger partial charge in [0.05, 0.1) is 24.0 Å². The van der Waals surface area contributed by atoms with Crippen molar-refractivity contribution in [2.24, 2.45) is 5.73 Å². The van der Waals surface area contributed by atoms with Crippen LogP contribution in [-0.2, 0) is 4.74 Å². The summed E-state index contributed by atoms with van der Waals surface area (Å²) in [5.41, 5.74) is 9.01. The second kappa shape index (κ2) is 12.9. The normalized spacial score (nSPS) is 19.3. The fraction of sp³-hybridized carbons (Fsp3) is 0.429. The molecule has 3 aromatic rings. The van der Waals surface area contributed by atoms with E-state index in [1.807, 2.05) is 37.3 Å². The van der Waals surface area contributed by atoms with Gasteiger partial charge in [-0.1, -0.05) is 24.3 Å². The maximum Gasteiger partial charge on any atom is 0.317 e. The Morgan fingerprint density at radius 2 is 1.97 bits per heavy atom. The lowest BCUT2D eigenvalue weighted by Gasteiger charge is -2.15. The second-order valence-electron chi connectivity index (χ2n) is 9.70. The SMILES string of the molecule is COCCN1CCC(c2ccc(F)c(F)c2)C1.Cc1c(C2CCCN2)nn(-c2ccccc2)c1NC(N)=O. The van der Waals surface area contributed by atoms with E-state index in [0.29, 0.717) is 18.3 Å². The highest BCUT2D eigenvalue weighted by atomic mass is 19.2. The van der Waals surface area contributed by atoms with E-state index in [4.69, 9.17) is 15.6 Å². The van der Waals surface area contributed by atoms with Crippen LogP contribution < -0.4 is 16.4 Å². The Morgan fingerprint density at radius 3 is 2.63 bits per heavy atom. The smallest absolute Gasteiger partial charge is 0.317 e. The minimum atomic E-state index is -0.775. The van der Waals surface area contributed by atoms with Crippen LogP contribution in [0, 0.1) is 18.6 Å². The lowest BCUT2D eigenvalue weighted by molar-refractivity contribution is 0.160. The molecule has 2 aromatic carbocycles. The van der Waals surface area contributed by atoms with Gasteiger partial charge in [0.25, 0.3) is 0 Å². The number of nitrogens with one attached hydrogen (secondary N) is 2. The molecule has 2 atom stereocenters. The minimum Gasteiger partial charge on any atom is -0.383 e. The summed E-state index contributed by atoms with van der Waals surface area (Å²) in [6.45, 7) is 6.47. The van der Waals surface area contributed by atoms with E-state index in [1.54, 1.807) is 17.9 Å². The first-order valence-electron chi connectivity index (χ1n) is 13.0. The molecule has 5 rings (SSSR count).